The number of rotatable bonds is 7. The molecule has 0 unspecified atom stereocenters. The first kappa shape index (κ1) is 23.4. The van der Waals surface area contributed by atoms with E-state index in [0.29, 0.717) is 35.0 Å². The van der Waals surface area contributed by atoms with Gasteiger partial charge in [0.15, 0.2) is 0 Å². The van der Waals surface area contributed by atoms with Gasteiger partial charge < -0.3 is 19.9 Å². The first-order chi connectivity index (χ1) is 16.5. The molecule has 0 saturated carbocycles. The molecule has 1 aliphatic rings. The number of carbonyl (C=O) groups excluding carboxylic acids is 1. The maximum Gasteiger partial charge on any atom is 0.343 e. The Morgan fingerprint density at radius 1 is 1.12 bits per heavy atom. The number of nitrogens with two attached hydrogens (primary N) is 1. The van der Waals surface area contributed by atoms with Crippen molar-refractivity contribution in [1.29, 1.82) is 5.26 Å². The normalized spacial score (nSPS) is 14.6. The summed E-state index contributed by atoms with van der Waals surface area (Å²) in [6.45, 7) is 2.68. The Morgan fingerprint density at radius 3 is 2.71 bits per heavy atom. The highest BCUT2D eigenvalue weighted by Gasteiger charge is 2.31. The third-order valence-corrected chi connectivity index (χ3v) is 5.91. The van der Waals surface area contributed by atoms with E-state index in [2.05, 4.69) is 28.9 Å². The van der Waals surface area contributed by atoms with Gasteiger partial charge in [0.1, 0.15) is 28.9 Å². The van der Waals surface area contributed by atoms with Crippen molar-refractivity contribution < 1.29 is 19.0 Å². The Hall–Kier alpha value is -3.76. The number of benzene rings is 3. The Balaban J connectivity index is 1.59. The lowest BCUT2D eigenvalue weighted by Crippen LogP contribution is -2.21. The van der Waals surface area contributed by atoms with E-state index >= 15 is 0 Å². The summed E-state index contributed by atoms with van der Waals surface area (Å²) < 4.78 is 17.9. The van der Waals surface area contributed by atoms with Crippen LogP contribution in [0.4, 0.5) is 0 Å². The molecule has 0 saturated heterocycles. The lowest BCUT2D eigenvalue weighted by atomic mass is 9.83. The van der Waals surface area contributed by atoms with Crippen LogP contribution < -0.4 is 19.9 Å². The Bertz CT molecular complexity index is 1300. The molecular weight excluding hydrogens is 496 g/mol. The van der Waals surface area contributed by atoms with Gasteiger partial charge in [0.25, 0.3) is 0 Å². The molecule has 0 aliphatic carbocycles. The summed E-state index contributed by atoms with van der Waals surface area (Å²) in [5, 5.41) is 9.72. The summed E-state index contributed by atoms with van der Waals surface area (Å²) in [4.78, 5) is 12.7. The van der Waals surface area contributed by atoms with Crippen LogP contribution in [0.2, 0.25) is 0 Å². The lowest BCUT2D eigenvalue weighted by Gasteiger charge is -2.26. The smallest absolute Gasteiger partial charge is 0.343 e. The molecule has 1 aliphatic heterocycles. The Labute approximate surface area is 206 Å². The highest BCUT2D eigenvalue weighted by molar-refractivity contribution is 9.10. The van der Waals surface area contributed by atoms with Gasteiger partial charge in [-0.3, -0.25) is 0 Å². The minimum Gasteiger partial charge on any atom is -0.494 e. The Morgan fingerprint density at radius 2 is 1.94 bits per heavy atom. The van der Waals surface area contributed by atoms with Crippen molar-refractivity contribution in [2.75, 3.05) is 6.61 Å². The molecule has 0 spiro atoms. The molecule has 1 atom stereocenters. The molecule has 6 nitrogen and oxygen atoms in total. The van der Waals surface area contributed by atoms with Crippen LogP contribution in [0.15, 0.2) is 82.7 Å². The van der Waals surface area contributed by atoms with E-state index in [1.807, 2.05) is 30.3 Å². The van der Waals surface area contributed by atoms with E-state index in [0.717, 1.165) is 28.4 Å². The zero-order valence-corrected chi connectivity index (χ0v) is 20.2. The van der Waals surface area contributed by atoms with Crippen LogP contribution >= 0.6 is 15.9 Å². The summed E-state index contributed by atoms with van der Waals surface area (Å²) in [5.41, 5.74) is 8.44. The van der Waals surface area contributed by atoms with Crippen molar-refractivity contribution in [2.45, 2.75) is 25.7 Å². The number of esters is 1. The van der Waals surface area contributed by atoms with E-state index < -0.39 is 11.9 Å². The fourth-order valence-corrected chi connectivity index (χ4v) is 4.16. The number of nitrogens with zero attached hydrogens (tertiary/aromatic N) is 1. The van der Waals surface area contributed by atoms with Crippen LogP contribution in [0.5, 0.6) is 17.2 Å². The predicted octanol–water partition coefficient (Wildman–Crippen LogP) is 6.07. The number of nitriles is 1. The molecule has 0 aromatic heterocycles. The molecule has 2 N–H and O–H groups in total. The van der Waals surface area contributed by atoms with Gasteiger partial charge in [-0.1, -0.05) is 53.5 Å². The number of unbranched alkanes of at least 4 members (excludes halogenated alkanes) is 1. The predicted molar refractivity (Wildman–Crippen MR) is 132 cm³/mol. The number of carbonyl (C=O) groups is 1. The number of hydrogen-bond donors (Lipinski definition) is 1. The maximum absolute atomic E-state index is 12.7. The summed E-state index contributed by atoms with van der Waals surface area (Å²) in [5.74, 6) is 0.482. The fraction of sp³-hybridized carbons (Fsp3) is 0.185. The van der Waals surface area contributed by atoms with Crippen molar-refractivity contribution in [3.63, 3.8) is 0 Å². The average molecular weight is 519 g/mol. The van der Waals surface area contributed by atoms with Crippen molar-refractivity contribution in [1.82, 2.24) is 0 Å². The number of halogens is 1. The SMILES string of the molecule is CCCCOc1cccc(C(=O)Oc2ccc3c(c2)OC(N)=C(C#N)[C@@H]3c2cccc(Br)c2)c1. The minimum absolute atomic E-state index is 0.0281. The van der Waals surface area contributed by atoms with E-state index in [4.69, 9.17) is 19.9 Å². The van der Waals surface area contributed by atoms with Crippen LogP contribution in [-0.4, -0.2) is 12.6 Å². The van der Waals surface area contributed by atoms with E-state index in [-0.39, 0.29) is 5.88 Å². The van der Waals surface area contributed by atoms with Crippen LogP contribution in [-0.2, 0) is 0 Å². The molecule has 3 aromatic carbocycles. The summed E-state index contributed by atoms with van der Waals surface area (Å²) in [7, 11) is 0. The monoisotopic (exact) mass is 518 g/mol. The largest absolute Gasteiger partial charge is 0.494 e. The number of allylic oxidation sites excluding steroid dienone is 1. The van der Waals surface area contributed by atoms with Gasteiger partial charge in [0.2, 0.25) is 5.88 Å². The maximum atomic E-state index is 12.7. The van der Waals surface area contributed by atoms with Crippen molar-refractivity contribution >= 4 is 21.9 Å². The molecule has 0 radical (unpaired) electrons. The number of ether oxygens (including phenoxy) is 3. The minimum atomic E-state index is -0.513. The molecule has 1 heterocycles. The summed E-state index contributed by atoms with van der Waals surface area (Å²) in [6.07, 6.45) is 1.97. The molecule has 0 bridgehead atoms. The Kier molecular flexibility index (Phi) is 7.19. The van der Waals surface area contributed by atoms with Gasteiger partial charge in [0, 0.05) is 16.1 Å². The van der Waals surface area contributed by atoms with Gasteiger partial charge in [-0.25, -0.2) is 4.79 Å². The third-order valence-electron chi connectivity index (χ3n) is 5.42. The van der Waals surface area contributed by atoms with Crippen LogP contribution in [0.1, 0.15) is 47.2 Å². The first-order valence-corrected chi connectivity index (χ1v) is 11.7. The standard InChI is InChI=1S/C27H23BrN2O4/c1-2-3-12-32-20-9-5-7-18(14-20)27(31)33-21-10-11-22-24(15-21)34-26(30)23(16-29)25(22)17-6-4-8-19(28)13-17/h4-11,13-15,25H,2-3,12,30H2,1H3/t25-/m1/s1. The van der Waals surface area contributed by atoms with E-state index in [9.17, 15) is 10.1 Å². The van der Waals surface area contributed by atoms with Gasteiger partial charge >= 0.3 is 5.97 Å². The number of hydrogen-bond acceptors (Lipinski definition) is 6. The molecule has 0 amide bonds. The molecule has 34 heavy (non-hydrogen) atoms. The third kappa shape index (κ3) is 5.08. The topological polar surface area (TPSA) is 94.6 Å². The second kappa shape index (κ2) is 10.4. The van der Waals surface area contributed by atoms with E-state index in [1.54, 1.807) is 36.4 Å². The molecule has 0 fully saturated rings. The second-order valence-corrected chi connectivity index (χ2v) is 8.71. The summed E-state index contributed by atoms with van der Waals surface area (Å²) >= 11 is 3.48. The highest BCUT2D eigenvalue weighted by atomic mass is 79.9. The highest BCUT2D eigenvalue weighted by Crippen LogP contribution is 2.43. The van der Waals surface area contributed by atoms with Gasteiger partial charge in [-0.2, -0.15) is 5.26 Å². The lowest BCUT2D eigenvalue weighted by molar-refractivity contribution is 0.0734. The molecule has 3 aromatic rings. The van der Waals surface area contributed by atoms with Crippen LogP contribution in [0, 0.1) is 11.3 Å². The molecule has 4 rings (SSSR count). The van der Waals surface area contributed by atoms with Crippen molar-refractivity contribution in [2.24, 2.45) is 5.73 Å². The van der Waals surface area contributed by atoms with Crippen LogP contribution in [0.3, 0.4) is 0 Å². The average Bonchev–Trinajstić information content (AvgIpc) is 2.83. The number of fused-ring (bicyclic) bond motifs is 1. The van der Waals surface area contributed by atoms with Gasteiger partial charge in [-0.05, 0) is 48.4 Å². The van der Waals surface area contributed by atoms with E-state index in [1.165, 1.54) is 0 Å². The zero-order chi connectivity index (χ0) is 24.1. The van der Waals surface area contributed by atoms with Crippen molar-refractivity contribution in [3.05, 3.63) is 99.3 Å². The van der Waals surface area contributed by atoms with Crippen LogP contribution in [0.25, 0.3) is 0 Å². The second-order valence-electron chi connectivity index (χ2n) is 7.80. The van der Waals surface area contributed by atoms with Crippen molar-refractivity contribution in [3.8, 4) is 23.3 Å². The first-order valence-electron chi connectivity index (χ1n) is 10.9. The molecule has 172 valence electrons. The van der Waals surface area contributed by atoms with Gasteiger partial charge in [-0.15, -0.1) is 0 Å². The summed E-state index contributed by atoms with van der Waals surface area (Å²) in [6, 6.07) is 21.8. The fourth-order valence-electron chi connectivity index (χ4n) is 3.74. The van der Waals surface area contributed by atoms with Gasteiger partial charge in [0.05, 0.1) is 18.1 Å². The molecule has 7 heteroatoms. The quantitative estimate of drug-likeness (QED) is 0.232. The molecular formula is C27H23BrN2O4. The zero-order valence-electron chi connectivity index (χ0n) is 18.6.